The van der Waals surface area contributed by atoms with Crippen LogP contribution in [0, 0.1) is 5.92 Å². The van der Waals surface area contributed by atoms with Crippen LogP contribution in [0.1, 0.15) is 44.1 Å². The highest BCUT2D eigenvalue weighted by atomic mass is 16.3. The smallest absolute Gasteiger partial charge is 0.0446 e. The first-order valence-corrected chi connectivity index (χ1v) is 9.46. The van der Waals surface area contributed by atoms with Gasteiger partial charge in [0, 0.05) is 45.4 Å². The molecule has 3 nitrogen and oxygen atoms in total. The van der Waals surface area contributed by atoms with Crippen LogP contribution in [0.5, 0.6) is 0 Å². The first-order valence-electron chi connectivity index (χ1n) is 9.46. The van der Waals surface area contributed by atoms with Gasteiger partial charge < -0.3 is 10.0 Å². The van der Waals surface area contributed by atoms with E-state index in [0.717, 1.165) is 32.0 Å². The molecule has 1 N–H and O–H groups in total. The number of aliphatic hydroxyl groups is 1. The van der Waals surface area contributed by atoms with Gasteiger partial charge in [-0.05, 0) is 30.7 Å². The second-order valence-corrected chi connectivity index (χ2v) is 7.39. The molecule has 1 atom stereocenters. The van der Waals surface area contributed by atoms with E-state index in [1.807, 2.05) is 0 Å². The Kier molecular flexibility index (Phi) is 6.49. The molecule has 23 heavy (non-hydrogen) atoms. The number of rotatable bonds is 6. The van der Waals surface area contributed by atoms with Crippen LogP contribution < -0.4 is 0 Å². The molecule has 0 bridgehead atoms. The Labute approximate surface area is 141 Å². The standard InChI is InChI=1S/C20H32N2O/c23-14-11-20-17-21(15-18-7-3-1-4-8-18)12-13-22(20)16-19-9-5-2-6-10-19/h2,5-6,9-10,18,20,23H,1,3-4,7-8,11-17H2/t20-/m1/s1. The molecule has 128 valence electrons. The van der Waals surface area contributed by atoms with Crippen LogP contribution in [-0.2, 0) is 6.54 Å². The fraction of sp³-hybridized carbons (Fsp3) is 0.700. The van der Waals surface area contributed by atoms with Gasteiger partial charge in [-0.15, -0.1) is 0 Å². The lowest BCUT2D eigenvalue weighted by atomic mass is 9.88. The van der Waals surface area contributed by atoms with Crippen LogP contribution in [0.2, 0.25) is 0 Å². The van der Waals surface area contributed by atoms with Gasteiger partial charge in [0.2, 0.25) is 0 Å². The van der Waals surface area contributed by atoms with Crippen molar-refractivity contribution in [2.45, 2.75) is 51.1 Å². The zero-order valence-electron chi connectivity index (χ0n) is 14.4. The minimum absolute atomic E-state index is 0.299. The van der Waals surface area contributed by atoms with Gasteiger partial charge in [-0.1, -0.05) is 49.6 Å². The molecule has 1 saturated carbocycles. The molecule has 0 spiro atoms. The van der Waals surface area contributed by atoms with Crippen LogP contribution in [0.4, 0.5) is 0 Å². The highest BCUT2D eigenvalue weighted by molar-refractivity contribution is 5.14. The summed E-state index contributed by atoms with van der Waals surface area (Å²) in [6.07, 6.45) is 8.05. The minimum Gasteiger partial charge on any atom is -0.396 e. The summed E-state index contributed by atoms with van der Waals surface area (Å²) < 4.78 is 0. The van der Waals surface area contributed by atoms with E-state index < -0.39 is 0 Å². The monoisotopic (exact) mass is 316 g/mol. The molecule has 0 aromatic heterocycles. The van der Waals surface area contributed by atoms with Crippen molar-refractivity contribution < 1.29 is 5.11 Å². The molecule has 3 rings (SSSR count). The zero-order chi connectivity index (χ0) is 15.9. The molecule has 0 amide bonds. The van der Waals surface area contributed by atoms with Gasteiger partial charge in [0.25, 0.3) is 0 Å². The van der Waals surface area contributed by atoms with Crippen LogP contribution >= 0.6 is 0 Å². The Bertz CT molecular complexity index is 444. The van der Waals surface area contributed by atoms with Gasteiger partial charge in [-0.25, -0.2) is 0 Å². The summed E-state index contributed by atoms with van der Waals surface area (Å²) in [4.78, 5) is 5.24. The lowest BCUT2D eigenvalue weighted by molar-refractivity contribution is 0.0427. The lowest BCUT2D eigenvalue weighted by Crippen LogP contribution is -2.53. The summed E-state index contributed by atoms with van der Waals surface area (Å²) in [5.41, 5.74) is 1.39. The lowest BCUT2D eigenvalue weighted by Gasteiger charge is -2.43. The number of hydrogen-bond acceptors (Lipinski definition) is 3. The van der Waals surface area contributed by atoms with Crippen molar-refractivity contribution in [2.75, 3.05) is 32.8 Å². The van der Waals surface area contributed by atoms with Crippen LogP contribution in [0.15, 0.2) is 30.3 Å². The van der Waals surface area contributed by atoms with Crippen LogP contribution in [0.25, 0.3) is 0 Å². The van der Waals surface area contributed by atoms with Gasteiger partial charge in [0.1, 0.15) is 0 Å². The molecule has 2 fully saturated rings. The molecular formula is C20H32N2O. The zero-order valence-corrected chi connectivity index (χ0v) is 14.4. The first-order chi connectivity index (χ1) is 11.3. The second-order valence-electron chi connectivity index (χ2n) is 7.39. The molecular weight excluding hydrogens is 284 g/mol. The summed E-state index contributed by atoms with van der Waals surface area (Å²) in [5.74, 6) is 0.916. The van der Waals surface area contributed by atoms with Gasteiger partial charge in [0.15, 0.2) is 0 Å². The summed E-state index contributed by atoms with van der Waals surface area (Å²) >= 11 is 0. The maximum Gasteiger partial charge on any atom is 0.0446 e. The number of benzene rings is 1. The van der Waals surface area contributed by atoms with Crippen LogP contribution in [0.3, 0.4) is 0 Å². The van der Waals surface area contributed by atoms with E-state index in [9.17, 15) is 5.11 Å². The van der Waals surface area contributed by atoms with Crippen molar-refractivity contribution in [3.8, 4) is 0 Å². The molecule has 1 saturated heterocycles. The third-order valence-corrected chi connectivity index (χ3v) is 5.62. The Morgan fingerprint density at radius 3 is 2.52 bits per heavy atom. The van der Waals surface area contributed by atoms with E-state index in [0.29, 0.717) is 12.6 Å². The molecule has 0 unspecified atom stereocenters. The normalized spacial score (nSPS) is 24.8. The van der Waals surface area contributed by atoms with Gasteiger partial charge in [0.05, 0.1) is 0 Å². The van der Waals surface area contributed by atoms with Crippen molar-refractivity contribution >= 4 is 0 Å². The van der Waals surface area contributed by atoms with Crippen molar-refractivity contribution in [1.82, 2.24) is 9.80 Å². The maximum atomic E-state index is 9.46. The highest BCUT2D eigenvalue weighted by Gasteiger charge is 2.28. The van der Waals surface area contributed by atoms with Crippen molar-refractivity contribution in [3.05, 3.63) is 35.9 Å². The van der Waals surface area contributed by atoms with Crippen molar-refractivity contribution in [2.24, 2.45) is 5.92 Å². The summed E-state index contributed by atoms with van der Waals surface area (Å²) in [6, 6.07) is 11.2. The number of hydrogen-bond donors (Lipinski definition) is 1. The van der Waals surface area contributed by atoms with Gasteiger partial charge in [-0.2, -0.15) is 0 Å². The van der Waals surface area contributed by atoms with Crippen LogP contribution in [-0.4, -0.2) is 53.7 Å². The highest BCUT2D eigenvalue weighted by Crippen LogP contribution is 2.26. The molecule has 0 radical (unpaired) electrons. The fourth-order valence-corrected chi connectivity index (χ4v) is 4.31. The topological polar surface area (TPSA) is 26.7 Å². The minimum atomic E-state index is 0.299. The quantitative estimate of drug-likeness (QED) is 0.873. The summed E-state index contributed by atoms with van der Waals surface area (Å²) in [6.45, 7) is 6.04. The fourth-order valence-electron chi connectivity index (χ4n) is 4.31. The number of nitrogens with zero attached hydrogens (tertiary/aromatic N) is 2. The average molecular weight is 316 g/mol. The van der Waals surface area contributed by atoms with E-state index in [2.05, 4.69) is 40.1 Å². The summed E-state index contributed by atoms with van der Waals surface area (Å²) in [7, 11) is 0. The summed E-state index contributed by atoms with van der Waals surface area (Å²) in [5, 5.41) is 9.46. The van der Waals surface area contributed by atoms with E-state index in [-0.39, 0.29) is 0 Å². The molecule has 2 aliphatic rings. The molecule has 1 aliphatic carbocycles. The third-order valence-electron chi connectivity index (χ3n) is 5.62. The first kappa shape index (κ1) is 16.9. The van der Waals surface area contributed by atoms with E-state index in [4.69, 9.17) is 0 Å². The predicted molar refractivity (Wildman–Crippen MR) is 95.4 cm³/mol. The Balaban J connectivity index is 1.54. The van der Waals surface area contributed by atoms with Gasteiger partial charge in [-0.3, -0.25) is 4.90 Å². The number of aliphatic hydroxyl groups excluding tert-OH is 1. The number of piperazine rings is 1. The molecule has 1 aliphatic heterocycles. The van der Waals surface area contributed by atoms with E-state index in [1.54, 1.807) is 0 Å². The van der Waals surface area contributed by atoms with E-state index in [1.165, 1.54) is 50.8 Å². The molecule has 1 heterocycles. The predicted octanol–water partition coefficient (Wildman–Crippen LogP) is 3.14. The van der Waals surface area contributed by atoms with E-state index >= 15 is 0 Å². The maximum absolute atomic E-state index is 9.46. The average Bonchev–Trinajstić information content (AvgIpc) is 2.59. The Morgan fingerprint density at radius 1 is 1.00 bits per heavy atom. The van der Waals surface area contributed by atoms with Crippen molar-refractivity contribution in [3.63, 3.8) is 0 Å². The SMILES string of the molecule is OCC[C@@H]1CN(CC2CCCCC2)CCN1Cc1ccccc1. The molecule has 1 aromatic carbocycles. The Morgan fingerprint density at radius 2 is 1.78 bits per heavy atom. The molecule has 1 aromatic rings. The largest absolute Gasteiger partial charge is 0.396 e. The van der Waals surface area contributed by atoms with Gasteiger partial charge >= 0.3 is 0 Å². The second kappa shape index (κ2) is 8.81. The molecule has 3 heteroatoms. The van der Waals surface area contributed by atoms with Crippen molar-refractivity contribution in [1.29, 1.82) is 0 Å². The Hall–Kier alpha value is -0.900. The third kappa shape index (κ3) is 5.03.